The average molecular weight is 321 g/mol. The second kappa shape index (κ2) is 5.93. The first kappa shape index (κ1) is 14.4. The number of nitrogens with one attached hydrogen (secondary N) is 1. The molecule has 1 aromatic heterocycles. The highest BCUT2D eigenvalue weighted by molar-refractivity contribution is 9.10. The molecule has 2 nitrogen and oxygen atoms in total. The van der Waals surface area contributed by atoms with Crippen molar-refractivity contribution in [3.8, 4) is 0 Å². The summed E-state index contributed by atoms with van der Waals surface area (Å²) < 4.78 is 3.36. The number of benzene rings is 1. The van der Waals surface area contributed by atoms with E-state index in [-0.39, 0.29) is 0 Å². The van der Waals surface area contributed by atoms with Crippen molar-refractivity contribution in [1.29, 1.82) is 0 Å². The lowest BCUT2D eigenvalue weighted by Crippen LogP contribution is -2.18. The lowest BCUT2D eigenvalue weighted by atomic mass is 10.1. The van der Waals surface area contributed by atoms with Gasteiger partial charge in [-0.25, -0.2) is 0 Å². The van der Waals surface area contributed by atoms with Crippen LogP contribution < -0.4 is 5.32 Å². The molecule has 1 atom stereocenters. The van der Waals surface area contributed by atoms with E-state index in [1.807, 2.05) is 0 Å². The molecule has 0 unspecified atom stereocenters. The van der Waals surface area contributed by atoms with Crippen molar-refractivity contribution < 1.29 is 0 Å². The largest absolute Gasteiger partial charge is 0.352 e. The maximum Gasteiger partial charge on any atom is 0.0294 e. The summed E-state index contributed by atoms with van der Waals surface area (Å²) in [7, 11) is 2.12. The van der Waals surface area contributed by atoms with E-state index in [0.29, 0.717) is 6.04 Å². The molecule has 102 valence electrons. The summed E-state index contributed by atoms with van der Waals surface area (Å²) in [5.74, 6) is 0. The zero-order chi connectivity index (χ0) is 14.0. The lowest BCUT2D eigenvalue weighted by molar-refractivity contribution is 0.572. The summed E-state index contributed by atoms with van der Waals surface area (Å²) >= 11 is 3.47. The molecule has 3 heteroatoms. The van der Waals surface area contributed by atoms with Crippen LogP contribution in [0.5, 0.6) is 0 Å². The standard InChI is InChI=1S/C16H21BrN2/c1-11-9-15(13(3)19(11)4)10-18-12(2)14-5-7-16(17)8-6-14/h5-9,12,18H,10H2,1-4H3/t12-/m0/s1. The predicted octanol–water partition coefficient (Wildman–Crippen LogP) is 4.26. The van der Waals surface area contributed by atoms with Crippen molar-refractivity contribution in [3.63, 3.8) is 0 Å². The quantitative estimate of drug-likeness (QED) is 0.890. The molecule has 0 spiro atoms. The van der Waals surface area contributed by atoms with Crippen molar-refractivity contribution in [2.45, 2.75) is 33.4 Å². The van der Waals surface area contributed by atoms with E-state index in [9.17, 15) is 0 Å². The Bertz CT molecular complexity index is 555. The molecule has 19 heavy (non-hydrogen) atoms. The number of halogens is 1. The maximum atomic E-state index is 3.59. The third-order valence-corrected chi connectivity index (χ3v) is 4.38. The molecule has 1 heterocycles. The second-order valence-corrected chi connectivity index (χ2v) is 6.03. The summed E-state index contributed by atoms with van der Waals surface area (Å²) in [6, 6.07) is 11.1. The highest BCUT2D eigenvalue weighted by Crippen LogP contribution is 2.18. The fourth-order valence-corrected chi connectivity index (χ4v) is 2.51. The van der Waals surface area contributed by atoms with Gasteiger partial charge in [-0.3, -0.25) is 0 Å². The van der Waals surface area contributed by atoms with Crippen LogP contribution >= 0.6 is 15.9 Å². The van der Waals surface area contributed by atoms with E-state index in [0.717, 1.165) is 11.0 Å². The fourth-order valence-electron chi connectivity index (χ4n) is 2.24. The molecular formula is C16H21BrN2. The fraction of sp³-hybridized carbons (Fsp3) is 0.375. The van der Waals surface area contributed by atoms with Gasteiger partial charge in [0.15, 0.2) is 0 Å². The van der Waals surface area contributed by atoms with Crippen LogP contribution in [-0.4, -0.2) is 4.57 Å². The number of hydrogen-bond donors (Lipinski definition) is 1. The van der Waals surface area contributed by atoms with Crippen LogP contribution in [0.1, 0.15) is 35.5 Å². The van der Waals surface area contributed by atoms with E-state index in [1.165, 1.54) is 22.5 Å². The van der Waals surface area contributed by atoms with Gasteiger partial charge in [-0.05, 0) is 50.1 Å². The summed E-state index contributed by atoms with van der Waals surface area (Å²) in [4.78, 5) is 0. The Morgan fingerprint density at radius 3 is 2.37 bits per heavy atom. The van der Waals surface area contributed by atoms with Gasteiger partial charge in [0.05, 0.1) is 0 Å². The summed E-state index contributed by atoms with van der Waals surface area (Å²) in [6.45, 7) is 7.43. The SMILES string of the molecule is Cc1cc(CN[C@@H](C)c2ccc(Br)cc2)c(C)n1C. The third-order valence-electron chi connectivity index (χ3n) is 3.85. The Balaban J connectivity index is 2.02. The average Bonchev–Trinajstić information content (AvgIpc) is 2.64. The third kappa shape index (κ3) is 3.28. The molecule has 0 aliphatic carbocycles. The molecule has 0 aliphatic heterocycles. The smallest absolute Gasteiger partial charge is 0.0294 e. The van der Waals surface area contributed by atoms with Gasteiger partial charge in [0, 0.05) is 35.5 Å². The van der Waals surface area contributed by atoms with Crippen LogP contribution in [0, 0.1) is 13.8 Å². The second-order valence-electron chi connectivity index (χ2n) is 5.11. The van der Waals surface area contributed by atoms with Crippen molar-refractivity contribution in [1.82, 2.24) is 9.88 Å². The van der Waals surface area contributed by atoms with Crippen LogP contribution in [0.2, 0.25) is 0 Å². The van der Waals surface area contributed by atoms with Crippen LogP contribution in [0.3, 0.4) is 0 Å². The van der Waals surface area contributed by atoms with Gasteiger partial charge in [0.25, 0.3) is 0 Å². The maximum absolute atomic E-state index is 3.59. The first-order valence-electron chi connectivity index (χ1n) is 6.59. The Morgan fingerprint density at radius 2 is 1.84 bits per heavy atom. The molecule has 0 aliphatic rings. The number of nitrogens with zero attached hydrogens (tertiary/aromatic N) is 1. The van der Waals surface area contributed by atoms with Gasteiger partial charge in [-0.15, -0.1) is 0 Å². The van der Waals surface area contributed by atoms with E-state index in [4.69, 9.17) is 0 Å². The van der Waals surface area contributed by atoms with Crippen molar-refractivity contribution in [2.24, 2.45) is 7.05 Å². The molecule has 1 N–H and O–H groups in total. The molecular weight excluding hydrogens is 300 g/mol. The molecule has 1 aromatic carbocycles. The topological polar surface area (TPSA) is 17.0 Å². The van der Waals surface area contributed by atoms with Crippen LogP contribution in [0.25, 0.3) is 0 Å². The highest BCUT2D eigenvalue weighted by Gasteiger charge is 2.08. The monoisotopic (exact) mass is 320 g/mol. The zero-order valence-corrected chi connectivity index (χ0v) is 13.6. The first-order valence-corrected chi connectivity index (χ1v) is 7.39. The Hall–Kier alpha value is -1.06. The van der Waals surface area contributed by atoms with Crippen LogP contribution in [0.4, 0.5) is 0 Å². The minimum atomic E-state index is 0.355. The van der Waals surface area contributed by atoms with Gasteiger partial charge < -0.3 is 9.88 Å². The Kier molecular flexibility index (Phi) is 4.48. The number of rotatable bonds is 4. The van der Waals surface area contributed by atoms with E-state index in [1.54, 1.807) is 0 Å². The molecule has 0 amide bonds. The highest BCUT2D eigenvalue weighted by atomic mass is 79.9. The van der Waals surface area contributed by atoms with E-state index in [2.05, 4.69) is 84.0 Å². The molecule has 2 aromatic rings. The zero-order valence-electron chi connectivity index (χ0n) is 12.0. The van der Waals surface area contributed by atoms with Gasteiger partial charge in [-0.2, -0.15) is 0 Å². The molecule has 2 rings (SSSR count). The number of hydrogen-bond acceptors (Lipinski definition) is 1. The minimum absolute atomic E-state index is 0.355. The molecule has 0 fully saturated rings. The predicted molar refractivity (Wildman–Crippen MR) is 84.3 cm³/mol. The van der Waals surface area contributed by atoms with Crippen molar-refractivity contribution in [3.05, 3.63) is 57.3 Å². The van der Waals surface area contributed by atoms with Crippen molar-refractivity contribution >= 4 is 15.9 Å². The molecule has 0 bridgehead atoms. The van der Waals surface area contributed by atoms with Crippen LogP contribution in [-0.2, 0) is 13.6 Å². The molecule has 0 radical (unpaired) electrons. The van der Waals surface area contributed by atoms with E-state index >= 15 is 0 Å². The van der Waals surface area contributed by atoms with Gasteiger partial charge in [0.2, 0.25) is 0 Å². The minimum Gasteiger partial charge on any atom is -0.352 e. The molecule has 0 saturated carbocycles. The normalized spacial score (nSPS) is 12.7. The number of aryl methyl sites for hydroxylation is 1. The summed E-state index contributed by atoms with van der Waals surface area (Å²) in [6.07, 6.45) is 0. The van der Waals surface area contributed by atoms with Crippen molar-refractivity contribution in [2.75, 3.05) is 0 Å². The Labute approximate surface area is 124 Å². The van der Waals surface area contributed by atoms with Gasteiger partial charge in [0.1, 0.15) is 0 Å². The first-order chi connectivity index (χ1) is 8.99. The van der Waals surface area contributed by atoms with E-state index < -0.39 is 0 Å². The van der Waals surface area contributed by atoms with Gasteiger partial charge in [-0.1, -0.05) is 28.1 Å². The number of aromatic nitrogens is 1. The Morgan fingerprint density at radius 1 is 1.21 bits per heavy atom. The summed E-state index contributed by atoms with van der Waals surface area (Å²) in [5, 5.41) is 3.59. The lowest BCUT2D eigenvalue weighted by Gasteiger charge is -2.14. The van der Waals surface area contributed by atoms with Gasteiger partial charge >= 0.3 is 0 Å². The van der Waals surface area contributed by atoms with Crippen LogP contribution in [0.15, 0.2) is 34.8 Å². The summed E-state index contributed by atoms with van der Waals surface area (Å²) in [5.41, 5.74) is 5.34. The molecule has 0 saturated heterocycles.